The molecule has 59 heavy (non-hydrogen) atoms. The van der Waals surface area contributed by atoms with Crippen molar-refractivity contribution in [2.45, 2.75) is 115 Å². The second-order valence-electron chi connectivity index (χ2n) is 16.3. The van der Waals surface area contributed by atoms with Gasteiger partial charge in [-0.05, 0) is 50.0 Å². The molecule has 0 heterocycles. The van der Waals surface area contributed by atoms with E-state index in [1.54, 1.807) is 13.8 Å². The van der Waals surface area contributed by atoms with Crippen molar-refractivity contribution >= 4 is 33.7 Å². The molecular weight excluding hydrogens is 789 g/mol. The van der Waals surface area contributed by atoms with E-state index in [-0.39, 0.29) is 48.9 Å². The maximum Gasteiger partial charge on any atom is 0.249 e. The molecule has 4 rings (SSSR count). The molecule has 2 aliphatic carbocycles. The van der Waals surface area contributed by atoms with Crippen molar-refractivity contribution in [2.75, 3.05) is 27.0 Å². The van der Waals surface area contributed by atoms with Crippen molar-refractivity contribution in [3.63, 3.8) is 0 Å². The Labute approximate surface area is 346 Å². The van der Waals surface area contributed by atoms with E-state index in [2.05, 4.69) is 21.3 Å². The third kappa shape index (κ3) is 13.9. The number of sulfonamides is 1. The first-order chi connectivity index (χ1) is 27.9. The van der Waals surface area contributed by atoms with Crippen LogP contribution in [0.15, 0.2) is 48.5 Å². The first-order valence-electron chi connectivity index (χ1n) is 20.3. The average molecular weight is 850 g/mol. The third-order valence-electron chi connectivity index (χ3n) is 11.6. The summed E-state index contributed by atoms with van der Waals surface area (Å²) in [5.74, 6) is -6.34. The molecule has 0 aromatic heterocycles. The van der Waals surface area contributed by atoms with Crippen LogP contribution in [-0.2, 0) is 40.5 Å². The highest BCUT2D eigenvalue weighted by molar-refractivity contribution is 7.88. The van der Waals surface area contributed by atoms with Gasteiger partial charge in [0.1, 0.15) is 36.1 Å². The van der Waals surface area contributed by atoms with Gasteiger partial charge in [0.25, 0.3) is 0 Å². The van der Waals surface area contributed by atoms with Gasteiger partial charge < -0.3 is 35.8 Å². The van der Waals surface area contributed by atoms with Crippen LogP contribution in [0.25, 0.3) is 0 Å². The maximum absolute atomic E-state index is 14.2. The molecule has 2 aromatic carbocycles. The fraction of sp³-hybridized carbons (Fsp3) is 0.619. The summed E-state index contributed by atoms with van der Waals surface area (Å²) in [5, 5.41) is 23.0. The lowest BCUT2D eigenvalue weighted by molar-refractivity contribution is -0.138. The lowest BCUT2D eigenvalue weighted by Gasteiger charge is -2.31. The number of rotatable bonds is 20. The molecule has 0 bridgehead atoms. The number of halogens is 2. The van der Waals surface area contributed by atoms with Crippen LogP contribution in [0.2, 0.25) is 0 Å². The van der Waals surface area contributed by atoms with E-state index in [1.165, 1.54) is 14.2 Å². The number of ether oxygens (including phenoxy) is 2. The van der Waals surface area contributed by atoms with Gasteiger partial charge in [-0.2, -0.15) is 0 Å². The van der Waals surface area contributed by atoms with E-state index in [0.29, 0.717) is 6.07 Å². The van der Waals surface area contributed by atoms with E-state index in [4.69, 9.17) is 9.47 Å². The van der Waals surface area contributed by atoms with Crippen molar-refractivity contribution in [1.82, 2.24) is 25.6 Å². The molecule has 0 saturated heterocycles. The Morgan fingerprint density at radius 3 is 2.03 bits per heavy atom. The fourth-order valence-corrected chi connectivity index (χ4v) is 8.66. The molecule has 17 heteroatoms. The SMILES string of the molecule is CO[C@H](C[C@H](O)[C@H](COc1cc(F)cc(F)c1)NC(=O)[C@@H]1C[C@@H](N(C)S(C)(=O)=O)C[C@H]1C(=O)N[C@@H](C)C1CCCCC1)C(=O)N[C@H](C(=O)NCc1ccccc1)C(C)C. The monoisotopic (exact) mass is 849 g/mol. The predicted molar refractivity (Wildman–Crippen MR) is 217 cm³/mol. The summed E-state index contributed by atoms with van der Waals surface area (Å²) in [6, 6.07) is 8.58. The van der Waals surface area contributed by atoms with Crippen LogP contribution in [0.5, 0.6) is 5.75 Å². The number of aliphatic hydroxyl groups is 1. The van der Waals surface area contributed by atoms with E-state index in [9.17, 15) is 41.5 Å². The van der Waals surface area contributed by atoms with Gasteiger partial charge in [0.05, 0.1) is 30.2 Å². The molecular formula is C42H61F2N5O9S. The Hall–Kier alpha value is -4.19. The van der Waals surface area contributed by atoms with Crippen LogP contribution in [0.3, 0.4) is 0 Å². The predicted octanol–water partition coefficient (Wildman–Crippen LogP) is 3.42. The molecule has 14 nitrogen and oxygen atoms in total. The van der Waals surface area contributed by atoms with Crippen LogP contribution in [-0.4, -0.2) is 105 Å². The molecule has 4 amide bonds. The Kier molecular flexibility index (Phi) is 17.6. The minimum atomic E-state index is -3.70. The number of nitrogens with zero attached hydrogens (tertiary/aromatic N) is 1. The number of hydrogen-bond donors (Lipinski definition) is 5. The Morgan fingerprint density at radius 1 is 0.881 bits per heavy atom. The summed E-state index contributed by atoms with van der Waals surface area (Å²) in [5.41, 5.74) is 0.861. The lowest BCUT2D eigenvalue weighted by atomic mass is 9.84. The van der Waals surface area contributed by atoms with E-state index in [0.717, 1.165) is 60.4 Å². The zero-order valence-corrected chi connectivity index (χ0v) is 35.6. The number of amides is 4. The first kappa shape index (κ1) is 47.5. The molecule has 0 spiro atoms. The van der Waals surface area contributed by atoms with Gasteiger partial charge in [0.2, 0.25) is 33.7 Å². The van der Waals surface area contributed by atoms with Crippen molar-refractivity contribution < 1.29 is 51.0 Å². The molecule has 2 saturated carbocycles. The highest BCUT2D eigenvalue weighted by Gasteiger charge is 2.47. The van der Waals surface area contributed by atoms with Gasteiger partial charge in [0, 0.05) is 57.4 Å². The number of benzene rings is 2. The van der Waals surface area contributed by atoms with Crippen molar-refractivity contribution in [3.8, 4) is 5.75 Å². The van der Waals surface area contributed by atoms with Gasteiger partial charge in [-0.1, -0.05) is 63.4 Å². The minimum Gasteiger partial charge on any atom is -0.491 e. The van der Waals surface area contributed by atoms with Crippen LogP contribution >= 0.6 is 0 Å². The highest BCUT2D eigenvalue weighted by atomic mass is 32.2. The highest BCUT2D eigenvalue weighted by Crippen LogP contribution is 2.37. The smallest absolute Gasteiger partial charge is 0.249 e. The van der Waals surface area contributed by atoms with Gasteiger partial charge in [-0.3, -0.25) is 19.2 Å². The van der Waals surface area contributed by atoms with Gasteiger partial charge >= 0.3 is 0 Å². The molecule has 0 radical (unpaired) electrons. The molecule has 0 aliphatic heterocycles. The quantitative estimate of drug-likeness (QED) is 0.133. The summed E-state index contributed by atoms with van der Waals surface area (Å²) >= 11 is 0. The normalized spacial score (nSPS) is 21.2. The summed E-state index contributed by atoms with van der Waals surface area (Å²) in [4.78, 5) is 54.9. The number of aliphatic hydroxyl groups excluding tert-OH is 1. The second kappa shape index (κ2) is 21.9. The van der Waals surface area contributed by atoms with Crippen LogP contribution in [0.4, 0.5) is 8.78 Å². The fourth-order valence-electron chi connectivity index (χ4n) is 7.95. The Balaban J connectivity index is 1.54. The average Bonchev–Trinajstić information content (AvgIpc) is 3.65. The van der Waals surface area contributed by atoms with Crippen molar-refractivity contribution in [3.05, 3.63) is 65.7 Å². The van der Waals surface area contributed by atoms with E-state index in [1.807, 2.05) is 37.3 Å². The van der Waals surface area contributed by atoms with Crippen molar-refractivity contribution in [1.29, 1.82) is 0 Å². The zero-order valence-electron chi connectivity index (χ0n) is 34.8. The number of nitrogens with one attached hydrogen (secondary N) is 4. The topological polar surface area (TPSA) is 192 Å². The van der Waals surface area contributed by atoms with Gasteiger partial charge in [-0.25, -0.2) is 21.5 Å². The second-order valence-corrected chi connectivity index (χ2v) is 18.3. The van der Waals surface area contributed by atoms with Crippen LogP contribution < -0.4 is 26.0 Å². The molecule has 5 N–H and O–H groups in total. The van der Waals surface area contributed by atoms with Gasteiger partial charge in [0.15, 0.2) is 0 Å². The molecule has 8 atom stereocenters. The standard InChI is InChI=1S/C42H61F2N5O9S/c1-25(2)38(42(54)45-23-27-13-9-7-10-14-27)48-41(53)37(57-5)22-36(50)35(24-58-32-18-29(43)17-30(44)19-32)47-40(52)34-21-31(49(4)59(6,55)56)20-33(34)39(51)46-26(3)28-15-11-8-12-16-28/h7,9-10,13-14,17-19,25-26,28,31,33-38,50H,8,11-12,15-16,20-24H2,1-6H3,(H,45,54)(H,46,51)(H,47,52)(H,48,53)/t26-,31-,33+,34+,35-,36-,37+,38-/m0/s1. The molecule has 2 aliphatic rings. The van der Waals surface area contributed by atoms with Gasteiger partial charge in [-0.15, -0.1) is 0 Å². The van der Waals surface area contributed by atoms with Crippen molar-refractivity contribution in [2.24, 2.45) is 23.7 Å². The molecule has 2 fully saturated rings. The number of methoxy groups -OCH3 is 1. The summed E-state index contributed by atoms with van der Waals surface area (Å²) < 4.78 is 65.6. The minimum absolute atomic E-state index is 0.00386. The first-order valence-corrected chi connectivity index (χ1v) is 22.2. The lowest BCUT2D eigenvalue weighted by Crippen LogP contribution is -2.55. The zero-order chi connectivity index (χ0) is 43.4. The van der Waals surface area contributed by atoms with E-state index < -0.39 is 94.6 Å². The summed E-state index contributed by atoms with van der Waals surface area (Å²) in [6.45, 7) is 5.15. The number of carbonyl (C=O) groups is 4. The number of hydrogen-bond acceptors (Lipinski definition) is 9. The largest absolute Gasteiger partial charge is 0.491 e. The third-order valence-corrected chi connectivity index (χ3v) is 13.0. The summed E-state index contributed by atoms with van der Waals surface area (Å²) in [6.07, 6.45) is 2.95. The molecule has 2 aromatic rings. The van der Waals surface area contributed by atoms with E-state index >= 15 is 0 Å². The van der Waals surface area contributed by atoms with Crippen LogP contribution in [0, 0.1) is 35.3 Å². The summed E-state index contributed by atoms with van der Waals surface area (Å²) in [7, 11) is -1.06. The maximum atomic E-state index is 14.2. The van der Waals surface area contributed by atoms with Crippen LogP contribution in [0.1, 0.15) is 77.7 Å². The number of carbonyl (C=O) groups excluding carboxylic acids is 4. The Bertz CT molecular complexity index is 1810. The molecule has 328 valence electrons. The molecule has 0 unspecified atom stereocenters. The Morgan fingerprint density at radius 2 is 1.47 bits per heavy atom.